The lowest BCUT2D eigenvalue weighted by atomic mass is 9.78. The molecule has 1 aromatic carbocycles. The monoisotopic (exact) mass is 305 g/mol. The number of fused-ring (bicyclic) bond motifs is 1. The van der Waals surface area contributed by atoms with E-state index in [4.69, 9.17) is 17.3 Å². The largest absolute Gasteiger partial charge is 0.369 e. The molecule has 0 radical (unpaired) electrons. The first-order valence-corrected chi connectivity index (χ1v) is 8.29. The summed E-state index contributed by atoms with van der Waals surface area (Å²) in [5.41, 5.74) is 8.43. The van der Waals surface area contributed by atoms with E-state index in [1.807, 2.05) is 18.2 Å². The third kappa shape index (κ3) is 2.76. The smallest absolute Gasteiger partial charge is 0.201 e. The van der Waals surface area contributed by atoms with Gasteiger partial charge in [-0.3, -0.25) is 0 Å². The number of imidazole rings is 1. The predicted molar refractivity (Wildman–Crippen MR) is 89.5 cm³/mol. The highest BCUT2D eigenvalue weighted by Crippen LogP contribution is 2.45. The van der Waals surface area contributed by atoms with Gasteiger partial charge in [-0.05, 0) is 42.7 Å². The Balaban J connectivity index is 2.02. The van der Waals surface area contributed by atoms with Gasteiger partial charge < -0.3 is 10.3 Å². The molecule has 2 N–H and O–H groups in total. The SMILES string of the molecule is CC(C)CC1(Cn2c(N)nc3cccc(Cl)c32)CCCC1. The zero-order valence-corrected chi connectivity index (χ0v) is 13.7. The second-order valence-electron chi connectivity index (χ2n) is 6.97. The maximum Gasteiger partial charge on any atom is 0.201 e. The maximum atomic E-state index is 6.40. The van der Waals surface area contributed by atoms with Crippen LogP contribution in [-0.4, -0.2) is 9.55 Å². The zero-order valence-electron chi connectivity index (χ0n) is 12.9. The number of nitrogens with two attached hydrogens (primary N) is 1. The summed E-state index contributed by atoms with van der Waals surface area (Å²) in [6.07, 6.45) is 6.47. The highest BCUT2D eigenvalue weighted by atomic mass is 35.5. The quantitative estimate of drug-likeness (QED) is 0.875. The van der Waals surface area contributed by atoms with Gasteiger partial charge in [0.25, 0.3) is 0 Å². The lowest BCUT2D eigenvalue weighted by Gasteiger charge is -2.32. The number of rotatable bonds is 4. The third-order valence-corrected chi connectivity index (χ3v) is 5.05. The molecule has 1 heterocycles. The van der Waals surface area contributed by atoms with Crippen LogP contribution >= 0.6 is 11.6 Å². The van der Waals surface area contributed by atoms with Crippen LogP contribution in [-0.2, 0) is 6.54 Å². The van der Waals surface area contributed by atoms with Crippen LogP contribution in [0, 0.1) is 11.3 Å². The van der Waals surface area contributed by atoms with E-state index in [1.165, 1.54) is 32.1 Å². The number of aromatic nitrogens is 2. The van der Waals surface area contributed by atoms with Crippen LogP contribution < -0.4 is 5.73 Å². The fourth-order valence-electron chi connectivity index (χ4n) is 4.07. The number of para-hydroxylation sites is 1. The summed E-state index contributed by atoms with van der Waals surface area (Å²) < 4.78 is 2.14. The number of benzene rings is 1. The van der Waals surface area contributed by atoms with Gasteiger partial charge in [0.15, 0.2) is 0 Å². The number of halogens is 1. The van der Waals surface area contributed by atoms with Gasteiger partial charge in [0.2, 0.25) is 5.95 Å². The summed E-state index contributed by atoms with van der Waals surface area (Å²) in [6, 6.07) is 5.84. The van der Waals surface area contributed by atoms with Crippen LogP contribution in [0.5, 0.6) is 0 Å². The van der Waals surface area contributed by atoms with Crippen LogP contribution in [0.1, 0.15) is 46.0 Å². The molecule has 21 heavy (non-hydrogen) atoms. The molecule has 3 rings (SSSR count). The van der Waals surface area contributed by atoms with E-state index in [-0.39, 0.29) is 0 Å². The zero-order chi connectivity index (χ0) is 15.0. The van der Waals surface area contributed by atoms with Crippen LogP contribution in [0.3, 0.4) is 0 Å². The summed E-state index contributed by atoms with van der Waals surface area (Å²) in [7, 11) is 0. The Morgan fingerprint density at radius 3 is 2.71 bits per heavy atom. The Bertz CT molecular complexity index is 639. The van der Waals surface area contributed by atoms with Gasteiger partial charge in [-0.2, -0.15) is 0 Å². The van der Waals surface area contributed by atoms with Crippen LogP contribution in [0.25, 0.3) is 11.0 Å². The molecule has 2 aromatic rings. The van der Waals surface area contributed by atoms with Crippen molar-refractivity contribution in [1.29, 1.82) is 0 Å². The highest BCUT2D eigenvalue weighted by molar-refractivity contribution is 6.35. The van der Waals surface area contributed by atoms with Gasteiger partial charge in [-0.1, -0.05) is 44.4 Å². The van der Waals surface area contributed by atoms with E-state index < -0.39 is 0 Å². The summed E-state index contributed by atoms with van der Waals surface area (Å²) >= 11 is 6.40. The van der Waals surface area contributed by atoms with Gasteiger partial charge in [0, 0.05) is 6.54 Å². The second kappa shape index (κ2) is 5.53. The topological polar surface area (TPSA) is 43.8 Å². The molecule has 0 unspecified atom stereocenters. The number of nitrogen functional groups attached to an aromatic ring is 1. The average molecular weight is 306 g/mol. The summed E-state index contributed by atoms with van der Waals surface area (Å²) in [6.45, 7) is 5.56. The molecule has 4 heteroatoms. The molecule has 1 aliphatic rings. The molecule has 0 bridgehead atoms. The van der Waals surface area contributed by atoms with Crippen LogP contribution in [0.4, 0.5) is 5.95 Å². The summed E-state index contributed by atoms with van der Waals surface area (Å²) in [5.74, 6) is 1.29. The predicted octanol–water partition coefficient (Wildman–Crippen LogP) is 4.88. The molecule has 0 atom stereocenters. The molecule has 1 saturated carbocycles. The van der Waals surface area contributed by atoms with Gasteiger partial charge >= 0.3 is 0 Å². The summed E-state index contributed by atoms with van der Waals surface area (Å²) in [5, 5.41) is 0.745. The number of nitrogens with zero attached hydrogens (tertiary/aromatic N) is 2. The Morgan fingerprint density at radius 1 is 1.33 bits per heavy atom. The van der Waals surface area contributed by atoms with Gasteiger partial charge in [-0.15, -0.1) is 0 Å². The molecule has 0 amide bonds. The van der Waals surface area contributed by atoms with Crippen LogP contribution in [0.15, 0.2) is 18.2 Å². The number of anilines is 1. The van der Waals surface area contributed by atoms with E-state index in [2.05, 4.69) is 23.4 Å². The molecule has 1 fully saturated rings. The fraction of sp³-hybridized carbons (Fsp3) is 0.588. The van der Waals surface area contributed by atoms with Crippen molar-refractivity contribution in [3.8, 4) is 0 Å². The molecule has 1 aromatic heterocycles. The fourth-order valence-corrected chi connectivity index (χ4v) is 4.34. The first-order valence-electron chi connectivity index (χ1n) is 7.91. The van der Waals surface area contributed by atoms with E-state index in [9.17, 15) is 0 Å². The van der Waals surface area contributed by atoms with Crippen molar-refractivity contribution in [1.82, 2.24) is 9.55 Å². The molecule has 114 valence electrons. The maximum absolute atomic E-state index is 6.40. The Hall–Kier alpha value is -1.22. The molecule has 0 saturated heterocycles. The van der Waals surface area contributed by atoms with Crippen molar-refractivity contribution >= 4 is 28.6 Å². The van der Waals surface area contributed by atoms with Crippen molar-refractivity contribution in [2.45, 2.75) is 52.5 Å². The van der Waals surface area contributed by atoms with Crippen molar-refractivity contribution in [2.24, 2.45) is 11.3 Å². The molecule has 1 aliphatic carbocycles. The summed E-state index contributed by atoms with van der Waals surface area (Å²) in [4.78, 5) is 4.48. The normalized spacial score (nSPS) is 17.9. The van der Waals surface area contributed by atoms with E-state index >= 15 is 0 Å². The van der Waals surface area contributed by atoms with Crippen molar-refractivity contribution in [2.75, 3.05) is 5.73 Å². The molecular formula is C17H24ClN3. The number of hydrogen-bond acceptors (Lipinski definition) is 2. The Morgan fingerprint density at radius 2 is 2.05 bits per heavy atom. The minimum atomic E-state index is 0.356. The third-order valence-electron chi connectivity index (χ3n) is 4.75. The standard InChI is InChI=1S/C17H24ClN3/c1-12(2)10-17(8-3-4-9-17)11-21-15-13(18)6-5-7-14(15)20-16(21)19/h5-7,12H,3-4,8-11H2,1-2H3,(H2,19,20). The first-order chi connectivity index (χ1) is 10.0. The first kappa shape index (κ1) is 14.7. The Kier molecular flexibility index (Phi) is 3.87. The molecule has 0 spiro atoms. The molecule has 3 nitrogen and oxygen atoms in total. The number of hydrogen-bond donors (Lipinski definition) is 1. The van der Waals surface area contributed by atoms with E-state index in [0.717, 1.165) is 22.6 Å². The van der Waals surface area contributed by atoms with Gasteiger partial charge in [-0.25, -0.2) is 4.98 Å². The second-order valence-corrected chi connectivity index (χ2v) is 7.38. The molecule has 0 aliphatic heterocycles. The average Bonchev–Trinajstić information content (AvgIpc) is 2.96. The van der Waals surface area contributed by atoms with Crippen molar-refractivity contribution in [3.63, 3.8) is 0 Å². The van der Waals surface area contributed by atoms with E-state index in [1.54, 1.807) is 0 Å². The molecular weight excluding hydrogens is 282 g/mol. The minimum Gasteiger partial charge on any atom is -0.369 e. The highest BCUT2D eigenvalue weighted by Gasteiger charge is 2.35. The van der Waals surface area contributed by atoms with Gasteiger partial charge in [0.1, 0.15) is 0 Å². The van der Waals surface area contributed by atoms with Crippen molar-refractivity contribution in [3.05, 3.63) is 23.2 Å². The lowest BCUT2D eigenvalue weighted by Crippen LogP contribution is -2.26. The van der Waals surface area contributed by atoms with Crippen molar-refractivity contribution < 1.29 is 0 Å². The Labute approximate surface area is 131 Å². The van der Waals surface area contributed by atoms with E-state index in [0.29, 0.717) is 17.3 Å². The van der Waals surface area contributed by atoms with Crippen LogP contribution in [0.2, 0.25) is 5.02 Å². The lowest BCUT2D eigenvalue weighted by molar-refractivity contribution is 0.200. The van der Waals surface area contributed by atoms with Gasteiger partial charge in [0.05, 0.1) is 16.1 Å². The minimum absolute atomic E-state index is 0.356.